The lowest BCUT2D eigenvalue weighted by Gasteiger charge is -2.28. The molecule has 0 saturated heterocycles. The highest BCUT2D eigenvalue weighted by Crippen LogP contribution is 2.30. The number of hydrogen-bond donors (Lipinski definition) is 1. The van der Waals surface area contributed by atoms with Gasteiger partial charge in [-0.25, -0.2) is 0 Å². The summed E-state index contributed by atoms with van der Waals surface area (Å²) in [5, 5.41) is 8.12. The van der Waals surface area contributed by atoms with Gasteiger partial charge in [0.05, 0.1) is 0 Å². The molecule has 0 aliphatic heterocycles. The second kappa shape index (κ2) is 5.13. The van der Waals surface area contributed by atoms with Crippen LogP contribution >= 0.6 is 11.3 Å². The summed E-state index contributed by atoms with van der Waals surface area (Å²) in [5.74, 6) is 1.01. The molecule has 15 heavy (non-hydrogen) atoms. The average molecular weight is 223 g/mol. The van der Waals surface area contributed by atoms with Crippen LogP contribution in [0.2, 0.25) is 0 Å². The van der Waals surface area contributed by atoms with E-state index >= 15 is 0 Å². The number of aryl methyl sites for hydroxylation is 1. The molecule has 1 unspecified atom stereocenters. The fraction of sp³-hybridized carbons (Fsp3) is 0.692. The Morgan fingerprint density at radius 2 is 2.27 bits per heavy atom. The van der Waals surface area contributed by atoms with E-state index in [9.17, 15) is 0 Å². The lowest BCUT2D eigenvalue weighted by molar-refractivity contribution is 0.265. The number of rotatable bonds is 5. The van der Waals surface area contributed by atoms with Gasteiger partial charge < -0.3 is 5.32 Å². The zero-order valence-electron chi connectivity index (χ0n) is 9.75. The maximum Gasteiger partial charge on any atom is 0.0218 e. The van der Waals surface area contributed by atoms with Crippen molar-refractivity contribution in [2.24, 2.45) is 5.92 Å². The molecule has 1 aromatic rings. The zero-order chi connectivity index (χ0) is 10.7. The van der Waals surface area contributed by atoms with Gasteiger partial charge in [-0.15, -0.1) is 0 Å². The normalized spacial score (nSPS) is 18.8. The molecule has 2 heteroatoms. The molecule has 1 N–H and O–H groups in total. The third kappa shape index (κ3) is 3.05. The van der Waals surface area contributed by atoms with Crippen LogP contribution in [0.1, 0.15) is 43.7 Å². The van der Waals surface area contributed by atoms with Crippen LogP contribution in [0.5, 0.6) is 0 Å². The van der Waals surface area contributed by atoms with E-state index in [4.69, 9.17) is 0 Å². The van der Waals surface area contributed by atoms with Crippen LogP contribution in [-0.2, 0) is 6.54 Å². The Balaban J connectivity index is 1.70. The molecule has 2 rings (SSSR count). The highest BCUT2D eigenvalue weighted by atomic mass is 32.1. The molecule has 1 aromatic heterocycles. The minimum Gasteiger partial charge on any atom is -0.310 e. The third-order valence-electron chi connectivity index (χ3n) is 3.51. The minimum absolute atomic E-state index is 0.676. The van der Waals surface area contributed by atoms with Gasteiger partial charge >= 0.3 is 0 Å². The Kier molecular flexibility index (Phi) is 3.81. The summed E-state index contributed by atoms with van der Waals surface area (Å²) in [6.45, 7) is 5.56. The summed E-state index contributed by atoms with van der Waals surface area (Å²) < 4.78 is 0. The predicted molar refractivity (Wildman–Crippen MR) is 67.3 cm³/mol. The van der Waals surface area contributed by atoms with Gasteiger partial charge in [0.2, 0.25) is 0 Å². The molecule has 84 valence electrons. The first-order chi connectivity index (χ1) is 7.25. The van der Waals surface area contributed by atoms with Crippen molar-refractivity contribution in [2.75, 3.05) is 0 Å². The van der Waals surface area contributed by atoms with Crippen molar-refractivity contribution in [3.05, 3.63) is 21.9 Å². The first-order valence-corrected chi connectivity index (χ1v) is 6.95. The molecule has 1 saturated carbocycles. The fourth-order valence-electron chi connectivity index (χ4n) is 2.16. The average Bonchev–Trinajstić information content (AvgIpc) is 2.55. The molecule has 1 aliphatic rings. The van der Waals surface area contributed by atoms with Crippen LogP contribution in [0.25, 0.3) is 0 Å². The van der Waals surface area contributed by atoms with Crippen molar-refractivity contribution in [3.8, 4) is 0 Å². The molecule has 0 radical (unpaired) electrons. The fourth-order valence-corrected chi connectivity index (χ4v) is 3.02. The summed E-state index contributed by atoms with van der Waals surface area (Å²) in [4.78, 5) is 0. The summed E-state index contributed by atoms with van der Waals surface area (Å²) in [6.07, 6.45) is 5.75. The molecule has 1 fully saturated rings. The second-order valence-electron chi connectivity index (χ2n) is 4.89. The van der Waals surface area contributed by atoms with E-state index in [1.807, 2.05) is 11.3 Å². The van der Waals surface area contributed by atoms with Gasteiger partial charge in [-0.05, 0) is 48.1 Å². The molecule has 0 spiro atoms. The molecule has 0 amide bonds. The van der Waals surface area contributed by atoms with Gasteiger partial charge in [-0.2, -0.15) is 11.3 Å². The topological polar surface area (TPSA) is 12.0 Å². The van der Waals surface area contributed by atoms with E-state index in [2.05, 4.69) is 29.9 Å². The van der Waals surface area contributed by atoms with E-state index in [1.54, 1.807) is 0 Å². The van der Waals surface area contributed by atoms with Crippen LogP contribution < -0.4 is 5.32 Å². The van der Waals surface area contributed by atoms with Crippen LogP contribution in [0, 0.1) is 12.8 Å². The molecule has 1 nitrogen and oxygen atoms in total. The van der Waals surface area contributed by atoms with E-state index in [0.717, 1.165) is 12.5 Å². The molecule has 0 bridgehead atoms. The smallest absolute Gasteiger partial charge is 0.0218 e. The zero-order valence-corrected chi connectivity index (χ0v) is 10.6. The molecular weight excluding hydrogens is 202 g/mol. The molecule has 0 aromatic carbocycles. The third-order valence-corrected chi connectivity index (χ3v) is 4.42. The Hall–Kier alpha value is -0.340. The maximum absolute atomic E-state index is 3.63. The lowest BCUT2D eigenvalue weighted by atomic mass is 9.81. The van der Waals surface area contributed by atoms with Crippen molar-refractivity contribution < 1.29 is 0 Å². The quantitative estimate of drug-likeness (QED) is 0.802. The van der Waals surface area contributed by atoms with E-state index in [-0.39, 0.29) is 0 Å². The van der Waals surface area contributed by atoms with Crippen LogP contribution in [0.3, 0.4) is 0 Å². The maximum atomic E-state index is 3.63. The van der Waals surface area contributed by atoms with E-state index < -0.39 is 0 Å². The monoisotopic (exact) mass is 223 g/mol. The largest absolute Gasteiger partial charge is 0.310 e. The minimum atomic E-state index is 0.676. The summed E-state index contributed by atoms with van der Waals surface area (Å²) in [7, 11) is 0. The van der Waals surface area contributed by atoms with Gasteiger partial charge in [0.1, 0.15) is 0 Å². The summed E-state index contributed by atoms with van der Waals surface area (Å²) in [6, 6.07) is 0.676. The van der Waals surface area contributed by atoms with Crippen molar-refractivity contribution in [1.29, 1.82) is 0 Å². The summed E-state index contributed by atoms with van der Waals surface area (Å²) in [5.41, 5.74) is 2.91. The van der Waals surface area contributed by atoms with Gasteiger partial charge in [-0.3, -0.25) is 0 Å². The molecular formula is C13H21NS. The van der Waals surface area contributed by atoms with Crippen molar-refractivity contribution in [1.82, 2.24) is 5.32 Å². The van der Waals surface area contributed by atoms with Gasteiger partial charge in [0.15, 0.2) is 0 Å². The van der Waals surface area contributed by atoms with E-state index in [0.29, 0.717) is 6.04 Å². The first kappa shape index (κ1) is 11.2. The van der Waals surface area contributed by atoms with Gasteiger partial charge in [0.25, 0.3) is 0 Å². The highest BCUT2D eigenvalue weighted by molar-refractivity contribution is 7.08. The van der Waals surface area contributed by atoms with E-state index in [1.165, 1.54) is 36.8 Å². The molecule has 1 heterocycles. The first-order valence-electron chi connectivity index (χ1n) is 6.00. The van der Waals surface area contributed by atoms with Crippen molar-refractivity contribution >= 4 is 11.3 Å². The lowest BCUT2D eigenvalue weighted by Crippen LogP contribution is -2.29. The van der Waals surface area contributed by atoms with Gasteiger partial charge in [-0.1, -0.05) is 19.3 Å². The Morgan fingerprint density at radius 3 is 2.80 bits per heavy atom. The SMILES string of the molecule is Cc1cscc1CNC(C)CC1CCC1. The highest BCUT2D eigenvalue weighted by Gasteiger charge is 2.19. The number of hydrogen-bond acceptors (Lipinski definition) is 2. The Morgan fingerprint density at radius 1 is 1.47 bits per heavy atom. The standard InChI is InChI=1S/C13H21NS/c1-10-8-15-9-13(10)7-14-11(2)6-12-4-3-5-12/h8-9,11-12,14H,3-7H2,1-2H3. The van der Waals surface area contributed by atoms with Crippen molar-refractivity contribution in [3.63, 3.8) is 0 Å². The van der Waals surface area contributed by atoms with Crippen LogP contribution in [0.15, 0.2) is 10.8 Å². The van der Waals surface area contributed by atoms with Crippen molar-refractivity contribution in [2.45, 2.75) is 52.1 Å². The Labute approximate surface area is 96.9 Å². The Bertz CT molecular complexity index is 301. The number of thiophene rings is 1. The van der Waals surface area contributed by atoms with Gasteiger partial charge in [0, 0.05) is 12.6 Å². The molecule has 1 atom stereocenters. The van der Waals surface area contributed by atoms with Crippen LogP contribution in [0.4, 0.5) is 0 Å². The summed E-state index contributed by atoms with van der Waals surface area (Å²) >= 11 is 1.81. The van der Waals surface area contributed by atoms with Crippen LogP contribution in [-0.4, -0.2) is 6.04 Å². The molecule has 1 aliphatic carbocycles. The number of nitrogens with one attached hydrogen (secondary N) is 1. The predicted octanol–water partition coefficient (Wildman–Crippen LogP) is 3.72. The second-order valence-corrected chi connectivity index (χ2v) is 5.64.